The Bertz CT molecular complexity index is 599. The number of hydrogen-bond acceptors (Lipinski definition) is 4. The van der Waals surface area contributed by atoms with E-state index in [-0.39, 0.29) is 17.7 Å². The van der Waals surface area contributed by atoms with E-state index < -0.39 is 0 Å². The van der Waals surface area contributed by atoms with E-state index in [0.717, 1.165) is 44.1 Å². The van der Waals surface area contributed by atoms with Crippen molar-refractivity contribution in [3.63, 3.8) is 0 Å². The summed E-state index contributed by atoms with van der Waals surface area (Å²) in [6.45, 7) is 7.08. The van der Waals surface area contributed by atoms with Crippen LogP contribution in [0.15, 0.2) is 24.3 Å². The van der Waals surface area contributed by atoms with E-state index in [1.807, 2.05) is 24.3 Å². The summed E-state index contributed by atoms with van der Waals surface area (Å²) in [5, 5.41) is 3.01. The number of carbonyl (C=O) groups is 2. The molecule has 1 fully saturated rings. The molecule has 0 aliphatic carbocycles. The van der Waals surface area contributed by atoms with E-state index in [1.165, 1.54) is 0 Å². The Hall–Kier alpha value is -1.92. The van der Waals surface area contributed by atoms with Crippen molar-refractivity contribution >= 4 is 17.5 Å². The molecule has 6 heteroatoms. The zero-order chi connectivity index (χ0) is 16.9. The number of fused-ring (bicyclic) bond motifs is 1. The second-order valence-electron chi connectivity index (χ2n) is 6.39. The molecule has 0 aromatic heterocycles. The maximum Gasteiger partial charge on any atom is 0.223 e. The first-order valence-electron chi connectivity index (χ1n) is 8.59. The Morgan fingerprint density at radius 1 is 1.25 bits per heavy atom. The second-order valence-corrected chi connectivity index (χ2v) is 6.39. The van der Waals surface area contributed by atoms with Crippen molar-refractivity contribution in [3.8, 4) is 0 Å². The maximum atomic E-state index is 12.3. The van der Waals surface area contributed by atoms with E-state index in [2.05, 4.69) is 10.2 Å². The van der Waals surface area contributed by atoms with Gasteiger partial charge in [0.05, 0.1) is 13.2 Å². The van der Waals surface area contributed by atoms with Crippen LogP contribution in [-0.2, 0) is 14.3 Å². The molecule has 1 atom stereocenters. The number of carbonyl (C=O) groups excluding carboxylic acids is 2. The van der Waals surface area contributed by atoms with E-state index in [1.54, 1.807) is 11.8 Å². The number of para-hydroxylation sites is 1. The molecule has 6 nitrogen and oxygen atoms in total. The lowest BCUT2D eigenvalue weighted by molar-refractivity contribution is -0.121. The van der Waals surface area contributed by atoms with E-state index in [9.17, 15) is 9.59 Å². The van der Waals surface area contributed by atoms with Crippen molar-refractivity contribution < 1.29 is 14.3 Å². The van der Waals surface area contributed by atoms with Gasteiger partial charge in [0, 0.05) is 57.7 Å². The predicted molar refractivity (Wildman–Crippen MR) is 92.1 cm³/mol. The third-order valence-electron chi connectivity index (χ3n) is 4.74. The van der Waals surface area contributed by atoms with Crippen molar-refractivity contribution in [2.24, 2.45) is 0 Å². The Kier molecular flexibility index (Phi) is 5.48. The van der Waals surface area contributed by atoms with Gasteiger partial charge in [-0.25, -0.2) is 0 Å². The van der Waals surface area contributed by atoms with Gasteiger partial charge in [0.1, 0.15) is 0 Å². The Morgan fingerprint density at radius 3 is 2.75 bits per heavy atom. The van der Waals surface area contributed by atoms with Crippen LogP contribution < -0.4 is 10.2 Å². The minimum Gasteiger partial charge on any atom is -0.379 e. The monoisotopic (exact) mass is 331 g/mol. The van der Waals surface area contributed by atoms with Gasteiger partial charge in [0.25, 0.3) is 0 Å². The summed E-state index contributed by atoms with van der Waals surface area (Å²) in [4.78, 5) is 28.1. The molecule has 1 unspecified atom stereocenters. The van der Waals surface area contributed by atoms with Crippen LogP contribution in [0.5, 0.6) is 0 Å². The first-order valence-corrected chi connectivity index (χ1v) is 8.59. The zero-order valence-electron chi connectivity index (χ0n) is 14.2. The zero-order valence-corrected chi connectivity index (χ0v) is 14.2. The highest BCUT2D eigenvalue weighted by atomic mass is 16.5. The average molecular weight is 331 g/mol. The van der Waals surface area contributed by atoms with Crippen molar-refractivity contribution in [1.29, 1.82) is 0 Å². The fourth-order valence-corrected chi connectivity index (χ4v) is 3.44. The molecule has 1 aromatic carbocycles. The Balaban J connectivity index is 1.50. The summed E-state index contributed by atoms with van der Waals surface area (Å²) in [7, 11) is 0. The van der Waals surface area contributed by atoms with Crippen molar-refractivity contribution in [2.45, 2.75) is 19.3 Å². The molecular formula is C18H25N3O3. The number of amides is 2. The number of nitrogens with zero attached hydrogens (tertiary/aromatic N) is 2. The molecule has 1 N–H and O–H groups in total. The van der Waals surface area contributed by atoms with Gasteiger partial charge in [0.15, 0.2) is 0 Å². The molecule has 24 heavy (non-hydrogen) atoms. The molecular weight excluding hydrogens is 306 g/mol. The number of nitrogens with one attached hydrogen (secondary N) is 1. The molecule has 0 radical (unpaired) electrons. The Morgan fingerprint density at radius 2 is 2.00 bits per heavy atom. The lowest BCUT2D eigenvalue weighted by Crippen LogP contribution is -2.41. The lowest BCUT2D eigenvalue weighted by atomic mass is 9.97. The van der Waals surface area contributed by atoms with Crippen LogP contribution in [0.4, 0.5) is 5.69 Å². The number of benzene rings is 1. The smallest absolute Gasteiger partial charge is 0.223 e. The summed E-state index contributed by atoms with van der Waals surface area (Å²) in [5.74, 6) is 0.152. The first kappa shape index (κ1) is 16.9. The van der Waals surface area contributed by atoms with Crippen molar-refractivity contribution in [1.82, 2.24) is 10.2 Å². The molecule has 2 amide bonds. The van der Waals surface area contributed by atoms with Gasteiger partial charge in [-0.1, -0.05) is 18.2 Å². The molecule has 1 saturated heterocycles. The minimum absolute atomic E-state index is 0.0256. The molecule has 1 aromatic rings. The van der Waals surface area contributed by atoms with Crippen LogP contribution in [0.2, 0.25) is 0 Å². The van der Waals surface area contributed by atoms with Crippen LogP contribution in [0.1, 0.15) is 24.8 Å². The minimum atomic E-state index is 0.0256. The van der Waals surface area contributed by atoms with E-state index in [0.29, 0.717) is 19.5 Å². The molecule has 0 spiro atoms. The van der Waals surface area contributed by atoms with E-state index in [4.69, 9.17) is 4.74 Å². The Labute approximate surface area is 142 Å². The number of ether oxygens (including phenoxy) is 1. The van der Waals surface area contributed by atoms with Gasteiger partial charge >= 0.3 is 0 Å². The third kappa shape index (κ3) is 3.94. The standard InChI is InChI=1S/C18H25N3O3/c1-14(22)21-13-15(16-4-2-3-5-17(16)21)12-18(23)19-6-7-20-8-10-24-11-9-20/h2-5,15H,6-13H2,1H3,(H,19,23). The lowest BCUT2D eigenvalue weighted by Gasteiger charge is -2.26. The molecule has 3 rings (SSSR count). The van der Waals surface area contributed by atoms with Gasteiger partial charge in [-0.2, -0.15) is 0 Å². The SMILES string of the molecule is CC(=O)N1CC(CC(=O)NCCN2CCOCC2)c2ccccc21. The summed E-state index contributed by atoms with van der Waals surface area (Å²) in [6, 6.07) is 7.86. The second kappa shape index (κ2) is 7.77. The van der Waals surface area contributed by atoms with Crippen molar-refractivity contribution in [2.75, 3.05) is 50.8 Å². The number of rotatable bonds is 5. The highest BCUT2D eigenvalue weighted by Crippen LogP contribution is 2.37. The predicted octanol–water partition coefficient (Wildman–Crippen LogP) is 0.975. The highest BCUT2D eigenvalue weighted by molar-refractivity contribution is 5.94. The quantitative estimate of drug-likeness (QED) is 0.873. The molecule has 0 bridgehead atoms. The van der Waals surface area contributed by atoms with Crippen molar-refractivity contribution in [3.05, 3.63) is 29.8 Å². The van der Waals surface area contributed by atoms with Crippen LogP contribution >= 0.6 is 0 Å². The molecule has 2 heterocycles. The van der Waals surface area contributed by atoms with Crippen LogP contribution in [0, 0.1) is 0 Å². The van der Waals surface area contributed by atoms with Gasteiger partial charge in [-0.15, -0.1) is 0 Å². The fraction of sp³-hybridized carbons (Fsp3) is 0.556. The van der Waals surface area contributed by atoms with Gasteiger partial charge in [-0.3, -0.25) is 14.5 Å². The largest absolute Gasteiger partial charge is 0.379 e. The third-order valence-corrected chi connectivity index (χ3v) is 4.74. The number of hydrogen-bond donors (Lipinski definition) is 1. The van der Waals surface area contributed by atoms with E-state index >= 15 is 0 Å². The molecule has 2 aliphatic rings. The summed E-state index contributed by atoms with van der Waals surface area (Å²) < 4.78 is 5.32. The highest BCUT2D eigenvalue weighted by Gasteiger charge is 2.31. The first-order chi connectivity index (χ1) is 11.6. The van der Waals surface area contributed by atoms with Gasteiger partial charge in [-0.05, 0) is 11.6 Å². The summed E-state index contributed by atoms with van der Waals surface area (Å²) in [5.41, 5.74) is 2.03. The number of morpholine rings is 1. The van der Waals surface area contributed by atoms with Crippen LogP contribution in [0.3, 0.4) is 0 Å². The molecule has 0 saturated carbocycles. The van der Waals surface area contributed by atoms with Crippen LogP contribution in [0.25, 0.3) is 0 Å². The average Bonchev–Trinajstić information content (AvgIpc) is 2.95. The fourth-order valence-electron chi connectivity index (χ4n) is 3.44. The van der Waals surface area contributed by atoms with Gasteiger partial charge < -0.3 is 15.0 Å². The normalized spacial score (nSPS) is 20.7. The topological polar surface area (TPSA) is 61.9 Å². The number of anilines is 1. The molecule has 2 aliphatic heterocycles. The van der Waals surface area contributed by atoms with Gasteiger partial charge in [0.2, 0.25) is 11.8 Å². The van der Waals surface area contributed by atoms with Crippen LogP contribution in [-0.4, -0.2) is 62.7 Å². The summed E-state index contributed by atoms with van der Waals surface area (Å²) >= 11 is 0. The maximum absolute atomic E-state index is 12.3. The summed E-state index contributed by atoms with van der Waals surface area (Å²) in [6.07, 6.45) is 0.421. The molecule has 130 valence electrons.